The van der Waals surface area contributed by atoms with Crippen LogP contribution in [0, 0.1) is 5.92 Å². The van der Waals surface area contributed by atoms with Crippen LogP contribution in [0.3, 0.4) is 0 Å². The average molecular weight is 557 g/mol. The molecule has 0 aliphatic carbocycles. The standard InChI is InChI=1S/C29H37IOSi/c1-24(23-25-15-8-5-9-16-25)28(21-14-22-30)31-32(29(2,3)4,26-17-10-6-11-18-26)27-19-12-7-13-20-27/h5-13,15-20,24,28H,14,21-23H2,1-4H3/t24-,28-/m1/s1. The van der Waals surface area contributed by atoms with E-state index in [1.807, 2.05) is 0 Å². The molecule has 0 heterocycles. The van der Waals surface area contributed by atoms with E-state index >= 15 is 0 Å². The zero-order valence-corrected chi connectivity index (χ0v) is 23.1. The van der Waals surface area contributed by atoms with E-state index in [9.17, 15) is 0 Å². The Morgan fingerprint density at radius 1 is 0.781 bits per heavy atom. The maximum atomic E-state index is 7.55. The van der Waals surface area contributed by atoms with Crippen molar-refractivity contribution < 1.29 is 4.43 Å². The molecule has 0 bridgehead atoms. The normalized spacial score (nSPS) is 14.2. The van der Waals surface area contributed by atoms with Crippen LogP contribution in [0.5, 0.6) is 0 Å². The summed E-state index contributed by atoms with van der Waals surface area (Å²) in [4.78, 5) is 0. The fraction of sp³-hybridized carbons (Fsp3) is 0.379. The van der Waals surface area contributed by atoms with Crippen LogP contribution in [-0.2, 0) is 10.8 Å². The molecular weight excluding hydrogens is 519 g/mol. The largest absolute Gasteiger partial charge is 0.404 e. The summed E-state index contributed by atoms with van der Waals surface area (Å²) in [5.74, 6) is 0.446. The lowest BCUT2D eigenvalue weighted by Gasteiger charge is -2.46. The van der Waals surface area contributed by atoms with E-state index in [1.165, 1.54) is 22.4 Å². The van der Waals surface area contributed by atoms with Gasteiger partial charge in [0.1, 0.15) is 0 Å². The van der Waals surface area contributed by atoms with Gasteiger partial charge in [-0.3, -0.25) is 0 Å². The van der Waals surface area contributed by atoms with Crippen LogP contribution in [0.4, 0.5) is 0 Å². The average Bonchev–Trinajstić information content (AvgIpc) is 2.80. The molecule has 0 amide bonds. The van der Waals surface area contributed by atoms with E-state index in [0.29, 0.717) is 5.92 Å². The summed E-state index contributed by atoms with van der Waals surface area (Å²) in [7, 11) is -2.54. The van der Waals surface area contributed by atoms with E-state index in [1.54, 1.807) is 0 Å². The maximum Gasteiger partial charge on any atom is 0.261 e. The van der Waals surface area contributed by atoms with Crippen LogP contribution >= 0.6 is 22.6 Å². The molecule has 0 aliphatic heterocycles. The Labute approximate surface area is 209 Å². The first-order chi connectivity index (χ1) is 15.4. The molecule has 0 aliphatic rings. The fourth-order valence-electron chi connectivity index (χ4n) is 4.77. The molecule has 0 aromatic heterocycles. The third kappa shape index (κ3) is 5.92. The molecule has 3 rings (SSSR count). The summed E-state index contributed by atoms with van der Waals surface area (Å²) in [5, 5.41) is 2.74. The van der Waals surface area contributed by atoms with Crippen LogP contribution in [0.25, 0.3) is 0 Å². The van der Waals surface area contributed by atoms with Crippen molar-refractivity contribution in [3.05, 3.63) is 96.6 Å². The van der Waals surface area contributed by atoms with Gasteiger partial charge in [-0.2, -0.15) is 0 Å². The van der Waals surface area contributed by atoms with Crippen molar-refractivity contribution in [1.29, 1.82) is 0 Å². The second kappa shape index (κ2) is 11.6. The zero-order valence-electron chi connectivity index (χ0n) is 19.9. The minimum Gasteiger partial charge on any atom is -0.404 e. The van der Waals surface area contributed by atoms with Gasteiger partial charge < -0.3 is 4.43 Å². The molecule has 0 fully saturated rings. The molecule has 2 atom stereocenters. The number of halogens is 1. The lowest BCUT2D eigenvalue weighted by atomic mass is 9.93. The SMILES string of the molecule is C[C@H](Cc1ccccc1)[C@@H](CCCI)O[Si](c1ccccc1)(c1ccccc1)C(C)(C)C. The van der Waals surface area contributed by atoms with Crippen molar-refractivity contribution >= 4 is 41.3 Å². The maximum absolute atomic E-state index is 7.55. The molecule has 3 heteroatoms. The topological polar surface area (TPSA) is 9.23 Å². The third-order valence-corrected chi connectivity index (χ3v) is 12.2. The van der Waals surface area contributed by atoms with Gasteiger partial charge in [0.05, 0.1) is 0 Å². The predicted molar refractivity (Wildman–Crippen MR) is 150 cm³/mol. The van der Waals surface area contributed by atoms with Crippen molar-refractivity contribution in [2.24, 2.45) is 5.92 Å². The Kier molecular flexibility index (Phi) is 9.15. The van der Waals surface area contributed by atoms with Crippen LogP contribution in [0.1, 0.15) is 46.1 Å². The van der Waals surface area contributed by atoms with E-state index in [-0.39, 0.29) is 11.1 Å². The van der Waals surface area contributed by atoms with Gasteiger partial charge in [0.2, 0.25) is 0 Å². The van der Waals surface area contributed by atoms with Crippen molar-refractivity contribution in [3.63, 3.8) is 0 Å². The Balaban J connectivity index is 2.07. The highest BCUT2D eigenvalue weighted by Gasteiger charge is 2.51. The van der Waals surface area contributed by atoms with Gasteiger partial charge in [-0.15, -0.1) is 0 Å². The van der Waals surface area contributed by atoms with Gasteiger partial charge in [-0.1, -0.05) is 141 Å². The monoisotopic (exact) mass is 556 g/mol. The molecule has 0 radical (unpaired) electrons. The van der Waals surface area contributed by atoms with Crippen LogP contribution < -0.4 is 10.4 Å². The van der Waals surface area contributed by atoms with E-state index in [2.05, 4.69) is 141 Å². The zero-order chi connectivity index (χ0) is 23.0. The number of hydrogen-bond donors (Lipinski definition) is 0. The minimum absolute atomic E-state index is 0.00471. The van der Waals surface area contributed by atoms with E-state index in [4.69, 9.17) is 4.43 Å². The van der Waals surface area contributed by atoms with Gasteiger partial charge in [0.15, 0.2) is 0 Å². The Hall–Kier alpha value is -1.43. The first kappa shape index (κ1) is 25.2. The molecule has 1 nitrogen and oxygen atoms in total. The summed E-state index contributed by atoms with van der Waals surface area (Å²) < 4.78 is 8.71. The van der Waals surface area contributed by atoms with Crippen molar-refractivity contribution in [3.8, 4) is 0 Å². The Bertz CT molecular complexity index is 882. The van der Waals surface area contributed by atoms with Crippen molar-refractivity contribution in [2.45, 2.75) is 58.1 Å². The molecule has 32 heavy (non-hydrogen) atoms. The molecule has 0 saturated carbocycles. The number of alkyl halides is 1. The summed E-state index contributed by atoms with van der Waals surface area (Å²) in [5.41, 5.74) is 1.39. The highest BCUT2D eigenvalue weighted by Crippen LogP contribution is 2.39. The second-order valence-electron chi connectivity index (χ2n) is 9.82. The highest BCUT2D eigenvalue weighted by atomic mass is 127. The quantitative estimate of drug-likeness (QED) is 0.148. The molecule has 0 N–H and O–H groups in total. The van der Waals surface area contributed by atoms with Crippen LogP contribution in [0.2, 0.25) is 5.04 Å². The summed E-state index contributed by atoms with van der Waals surface area (Å²) in [6, 6.07) is 33.0. The summed E-state index contributed by atoms with van der Waals surface area (Å²) >= 11 is 2.50. The number of rotatable bonds is 10. The summed E-state index contributed by atoms with van der Waals surface area (Å²) in [6.07, 6.45) is 3.55. The van der Waals surface area contributed by atoms with Gasteiger partial charge in [0, 0.05) is 6.10 Å². The van der Waals surface area contributed by atoms with Gasteiger partial charge in [0.25, 0.3) is 8.32 Å². The lowest BCUT2D eigenvalue weighted by molar-refractivity contribution is 0.121. The van der Waals surface area contributed by atoms with Gasteiger partial charge in [-0.05, 0) is 50.6 Å². The first-order valence-electron chi connectivity index (χ1n) is 11.8. The fourth-order valence-corrected chi connectivity index (χ4v) is 10.0. The van der Waals surface area contributed by atoms with Crippen molar-refractivity contribution in [2.75, 3.05) is 4.43 Å². The highest BCUT2D eigenvalue weighted by molar-refractivity contribution is 14.1. The molecule has 3 aromatic rings. The molecule has 3 aromatic carbocycles. The molecule has 0 unspecified atom stereocenters. The minimum atomic E-state index is -2.54. The molecule has 0 spiro atoms. The smallest absolute Gasteiger partial charge is 0.261 e. The lowest BCUT2D eigenvalue weighted by Crippen LogP contribution is -2.68. The number of benzene rings is 3. The van der Waals surface area contributed by atoms with E-state index in [0.717, 1.165) is 17.3 Å². The summed E-state index contributed by atoms with van der Waals surface area (Å²) in [6.45, 7) is 9.49. The van der Waals surface area contributed by atoms with Gasteiger partial charge in [-0.25, -0.2) is 0 Å². The van der Waals surface area contributed by atoms with Gasteiger partial charge >= 0.3 is 0 Å². The van der Waals surface area contributed by atoms with Crippen LogP contribution in [-0.4, -0.2) is 18.8 Å². The Morgan fingerprint density at radius 2 is 1.25 bits per heavy atom. The second-order valence-corrected chi connectivity index (χ2v) is 15.1. The molecule has 170 valence electrons. The third-order valence-electron chi connectivity index (χ3n) is 6.40. The molecule has 0 saturated heterocycles. The Morgan fingerprint density at radius 3 is 1.69 bits per heavy atom. The molecular formula is C29H37IOSi. The number of hydrogen-bond acceptors (Lipinski definition) is 1. The van der Waals surface area contributed by atoms with Crippen LogP contribution in [0.15, 0.2) is 91.0 Å². The first-order valence-corrected chi connectivity index (χ1v) is 15.2. The van der Waals surface area contributed by atoms with E-state index < -0.39 is 8.32 Å². The van der Waals surface area contributed by atoms with Crippen molar-refractivity contribution in [1.82, 2.24) is 0 Å². The predicted octanol–water partition coefficient (Wildman–Crippen LogP) is 7.03.